The van der Waals surface area contributed by atoms with Gasteiger partial charge < -0.3 is 5.11 Å². The van der Waals surface area contributed by atoms with Crippen molar-refractivity contribution >= 4 is 5.97 Å². The van der Waals surface area contributed by atoms with Crippen molar-refractivity contribution < 1.29 is 9.90 Å². The molecular weight excluding hydrogens is 278 g/mol. The number of para-hydroxylation sites is 1. The molecule has 1 aromatic heterocycles. The molecule has 1 atom stereocenters. The van der Waals surface area contributed by atoms with E-state index in [0.717, 1.165) is 36.2 Å². The van der Waals surface area contributed by atoms with Crippen LogP contribution in [-0.2, 0) is 6.42 Å². The van der Waals surface area contributed by atoms with Crippen molar-refractivity contribution in [3.05, 3.63) is 46.8 Å². The van der Waals surface area contributed by atoms with E-state index in [1.165, 1.54) is 0 Å². The molecule has 1 unspecified atom stereocenters. The van der Waals surface area contributed by atoms with E-state index in [9.17, 15) is 9.90 Å². The second kappa shape index (κ2) is 5.64. The van der Waals surface area contributed by atoms with Crippen LogP contribution in [0.1, 0.15) is 52.5 Å². The molecule has 1 heterocycles. The van der Waals surface area contributed by atoms with Crippen LogP contribution in [0.2, 0.25) is 0 Å². The summed E-state index contributed by atoms with van der Waals surface area (Å²) in [7, 11) is 0. The summed E-state index contributed by atoms with van der Waals surface area (Å²) in [6.45, 7) is 1.94. The van der Waals surface area contributed by atoms with Crippen LogP contribution in [0.15, 0.2) is 24.3 Å². The third kappa shape index (κ3) is 2.27. The quantitative estimate of drug-likeness (QED) is 0.943. The van der Waals surface area contributed by atoms with Crippen LogP contribution in [-0.4, -0.2) is 20.9 Å². The summed E-state index contributed by atoms with van der Waals surface area (Å²) >= 11 is 0. The molecule has 5 heteroatoms. The Morgan fingerprint density at radius 1 is 1.50 bits per heavy atom. The largest absolute Gasteiger partial charge is 0.478 e. The Kier molecular flexibility index (Phi) is 3.68. The summed E-state index contributed by atoms with van der Waals surface area (Å²) in [5, 5.41) is 23.0. The molecule has 5 nitrogen and oxygen atoms in total. The van der Waals surface area contributed by atoms with Gasteiger partial charge in [0.05, 0.1) is 23.0 Å². The monoisotopic (exact) mass is 295 g/mol. The van der Waals surface area contributed by atoms with Gasteiger partial charge in [-0.1, -0.05) is 12.1 Å². The van der Waals surface area contributed by atoms with E-state index >= 15 is 0 Å². The lowest BCUT2D eigenvalue weighted by atomic mass is 9.83. The first kappa shape index (κ1) is 14.3. The number of hydrogen-bond donors (Lipinski definition) is 1. The Bertz CT molecular complexity index is 771. The third-order valence-corrected chi connectivity index (χ3v) is 4.28. The van der Waals surface area contributed by atoms with E-state index < -0.39 is 5.97 Å². The van der Waals surface area contributed by atoms with Crippen LogP contribution in [0.3, 0.4) is 0 Å². The maximum atomic E-state index is 11.5. The van der Waals surface area contributed by atoms with Crippen LogP contribution < -0.4 is 0 Å². The lowest BCUT2D eigenvalue weighted by molar-refractivity contribution is 0.0696. The fraction of sp³-hybridized carbons (Fsp3) is 0.353. The van der Waals surface area contributed by atoms with Crippen molar-refractivity contribution in [2.75, 3.05) is 0 Å². The van der Waals surface area contributed by atoms with Gasteiger partial charge >= 0.3 is 5.97 Å². The fourth-order valence-electron chi connectivity index (χ4n) is 3.37. The molecule has 0 fully saturated rings. The molecule has 1 aromatic carbocycles. The van der Waals surface area contributed by atoms with Crippen LogP contribution in [0, 0.1) is 18.3 Å². The van der Waals surface area contributed by atoms with E-state index in [1.807, 2.05) is 13.0 Å². The average molecular weight is 295 g/mol. The van der Waals surface area contributed by atoms with E-state index in [2.05, 4.69) is 11.2 Å². The fourth-order valence-corrected chi connectivity index (χ4v) is 3.37. The summed E-state index contributed by atoms with van der Waals surface area (Å²) in [6.07, 6.45) is 3.35. The SMILES string of the molecule is Cc1nn(-c2ccccc2C(=O)O)c2c1C(CC#N)CCC2. The highest BCUT2D eigenvalue weighted by Crippen LogP contribution is 2.37. The molecule has 1 aliphatic carbocycles. The minimum atomic E-state index is -0.957. The van der Waals surface area contributed by atoms with Crippen molar-refractivity contribution in [2.45, 2.75) is 38.5 Å². The van der Waals surface area contributed by atoms with Crippen molar-refractivity contribution in [2.24, 2.45) is 0 Å². The Hall–Kier alpha value is -2.61. The molecule has 0 saturated carbocycles. The Labute approximate surface area is 128 Å². The molecule has 2 aromatic rings. The second-order valence-corrected chi connectivity index (χ2v) is 5.63. The number of fused-ring (bicyclic) bond motifs is 1. The van der Waals surface area contributed by atoms with E-state index in [4.69, 9.17) is 5.26 Å². The molecule has 0 aliphatic heterocycles. The second-order valence-electron chi connectivity index (χ2n) is 5.63. The first-order chi connectivity index (χ1) is 10.6. The van der Waals surface area contributed by atoms with Crippen molar-refractivity contribution in [1.29, 1.82) is 5.26 Å². The molecule has 0 spiro atoms. The predicted octanol–water partition coefficient (Wildman–Crippen LogP) is 3.21. The summed E-state index contributed by atoms with van der Waals surface area (Å²) in [6, 6.07) is 9.17. The average Bonchev–Trinajstić information content (AvgIpc) is 2.86. The van der Waals surface area contributed by atoms with Gasteiger partial charge in [0.2, 0.25) is 0 Å². The number of aromatic carboxylic acids is 1. The lowest BCUT2D eigenvalue weighted by Gasteiger charge is -2.22. The predicted molar refractivity (Wildman–Crippen MR) is 81.2 cm³/mol. The molecule has 0 bridgehead atoms. The Morgan fingerprint density at radius 3 is 3.00 bits per heavy atom. The number of aromatic nitrogens is 2. The number of benzene rings is 1. The molecule has 1 N–H and O–H groups in total. The minimum absolute atomic E-state index is 0.208. The van der Waals surface area contributed by atoms with Crippen LogP contribution in [0.25, 0.3) is 5.69 Å². The topological polar surface area (TPSA) is 78.9 Å². The molecule has 112 valence electrons. The van der Waals surface area contributed by atoms with Gasteiger partial charge in [0.25, 0.3) is 0 Å². The standard InChI is InChI=1S/C17H17N3O2/c1-11-16-12(9-10-18)5-4-8-15(16)20(19-11)14-7-3-2-6-13(14)17(21)22/h2-3,6-7,12H,4-5,8-9H2,1H3,(H,21,22). The van der Waals surface area contributed by atoms with Gasteiger partial charge in [0.15, 0.2) is 0 Å². The van der Waals surface area contributed by atoms with Crippen LogP contribution in [0.5, 0.6) is 0 Å². The number of nitriles is 1. The molecule has 0 saturated heterocycles. The van der Waals surface area contributed by atoms with E-state index in [0.29, 0.717) is 12.1 Å². The third-order valence-electron chi connectivity index (χ3n) is 4.28. The minimum Gasteiger partial charge on any atom is -0.478 e. The smallest absolute Gasteiger partial charge is 0.337 e. The molecule has 0 radical (unpaired) electrons. The number of aryl methyl sites for hydroxylation is 1. The number of nitrogens with zero attached hydrogens (tertiary/aromatic N) is 3. The number of carbonyl (C=O) groups is 1. The van der Waals surface area contributed by atoms with Crippen molar-refractivity contribution in [3.63, 3.8) is 0 Å². The van der Waals surface area contributed by atoms with Gasteiger partial charge in [-0.2, -0.15) is 10.4 Å². The normalized spacial score (nSPS) is 16.8. The van der Waals surface area contributed by atoms with Gasteiger partial charge in [-0.05, 0) is 38.3 Å². The molecular formula is C17H17N3O2. The van der Waals surface area contributed by atoms with Gasteiger partial charge in [-0.3, -0.25) is 0 Å². The van der Waals surface area contributed by atoms with E-state index in [-0.39, 0.29) is 11.5 Å². The van der Waals surface area contributed by atoms with Gasteiger partial charge in [-0.15, -0.1) is 0 Å². The highest BCUT2D eigenvalue weighted by atomic mass is 16.4. The number of carboxylic acids is 1. The zero-order valence-electron chi connectivity index (χ0n) is 12.4. The molecule has 0 amide bonds. The highest BCUT2D eigenvalue weighted by Gasteiger charge is 2.28. The zero-order valence-corrected chi connectivity index (χ0v) is 12.4. The summed E-state index contributed by atoms with van der Waals surface area (Å²) in [5.41, 5.74) is 3.92. The van der Waals surface area contributed by atoms with Gasteiger partial charge in [-0.25, -0.2) is 9.48 Å². The van der Waals surface area contributed by atoms with Crippen molar-refractivity contribution in [3.8, 4) is 11.8 Å². The van der Waals surface area contributed by atoms with Crippen LogP contribution >= 0.6 is 0 Å². The summed E-state index contributed by atoms with van der Waals surface area (Å²) in [4.78, 5) is 11.5. The maximum Gasteiger partial charge on any atom is 0.337 e. The zero-order chi connectivity index (χ0) is 15.7. The summed E-state index contributed by atoms with van der Waals surface area (Å²) < 4.78 is 1.76. The molecule has 1 aliphatic rings. The van der Waals surface area contributed by atoms with Crippen molar-refractivity contribution in [1.82, 2.24) is 9.78 Å². The lowest BCUT2D eigenvalue weighted by Crippen LogP contribution is -2.14. The maximum absolute atomic E-state index is 11.5. The van der Waals surface area contributed by atoms with Crippen LogP contribution in [0.4, 0.5) is 0 Å². The number of hydrogen-bond acceptors (Lipinski definition) is 3. The Balaban J connectivity index is 2.17. The van der Waals surface area contributed by atoms with E-state index in [1.54, 1.807) is 22.9 Å². The van der Waals surface area contributed by atoms with Gasteiger partial charge in [0, 0.05) is 23.6 Å². The Morgan fingerprint density at radius 2 is 2.27 bits per heavy atom. The molecule has 3 rings (SSSR count). The van der Waals surface area contributed by atoms with Gasteiger partial charge in [0.1, 0.15) is 0 Å². The number of rotatable bonds is 3. The molecule has 22 heavy (non-hydrogen) atoms. The first-order valence-electron chi connectivity index (χ1n) is 7.41. The number of carboxylic acid groups (broad SMARTS) is 1. The summed E-state index contributed by atoms with van der Waals surface area (Å²) in [5.74, 6) is -0.749. The highest BCUT2D eigenvalue weighted by molar-refractivity contribution is 5.91. The first-order valence-corrected chi connectivity index (χ1v) is 7.41.